The van der Waals surface area contributed by atoms with E-state index in [4.69, 9.17) is 9.47 Å². The van der Waals surface area contributed by atoms with Gasteiger partial charge in [-0.1, -0.05) is 12.1 Å². The Morgan fingerprint density at radius 2 is 2.16 bits per heavy atom. The Balaban J connectivity index is 1.64. The molecular formula is C14H19NO4. The summed E-state index contributed by atoms with van der Waals surface area (Å²) in [7, 11) is 1.40. The average Bonchev–Trinajstić information content (AvgIpc) is 2.46. The first-order valence-electron chi connectivity index (χ1n) is 6.45. The number of methoxy groups -OCH3 is 1. The molecule has 1 aliphatic rings. The smallest absolute Gasteiger partial charge is 0.306 e. The second kappa shape index (κ2) is 6.99. The number of esters is 1. The summed E-state index contributed by atoms with van der Waals surface area (Å²) >= 11 is 0. The second-order valence-electron chi connectivity index (χ2n) is 4.36. The van der Waals surface area contributed by atoms with Gasteiger partial charge in [0.15, 0.2) is 11.5 Å². The number of hydrogen-bond acceptors (Lipinski definition) is 5. The van der Waals surface area contributed by atoms with Crippen molar-refractivity contribution in [3.63, 3.8) is 0 Å². The Hall–Kier alpha value is -1.75. The molecule has 104 valence electrons. The lowest BCUT2D eigenvalue weighted by molar-refractivity contribution is -0.140. The quantitative estimate of drug-likeness (QED) is 0.622. The maximum Gasteiger partial charge on any atom is 0.306 e. The molecule has 1 heterocycles. The van der Waals surface area contributed by atoms with Crippen LogP contribution >= 0.6 is 0 Å². The van der Waals surface area contributed by atoms with Crippen LogP contribution in [0.1, 0.15) is 12.8 Å². The zero-order valence-corrected chi connectivity index (χ0v) is 11.1. The third-order valence-electron chi connectivity index (χ3n) is 2.94. The Morgan fingerprint density at radius 3 is 2.95 bits per heavy atom. The van der Waals surface area contributed by atoms with Crippen LogP contribution in [0.2, 0.25) is 0 Å². The summed E-state index contributed by atoms with van der Waals surface area (Å²) in [5.41, 5.74) is 0. The van der Waals surface area contributed by atoms with E-state index in [9.17, 15) is 4.79 Å². The van der Waals surface area contributed by atoms with E-state index < -0.39 is 0 Å². The Kier molecular flexibility index (Phi) is 5.03. The number of fused-ring (bicyclic) bond motifs is 1. The minimum atomic E-state index is -0.196. The van der Waals surface area contributed by atoms with Crippen LogP contribution in [-0.4, -0.2) is 38.9 Å². The van der Waals surface area contributed by atoms with E-state index in [2.05, 4.69) is 10.1 Å². The first-order chi connectivity index (χ1) is 9.29. The number of hydrogen-bond donors (Lipinski definition) is 1. The third-order valence-corrected chi connectivity index (χ3v) is 2.94. The summed E-state index contributed by atoms with van der Waals surface area (Å²) < 4.78 is 16.0. The van der Waals surface area contributed by atoms with Crippen molar-refractivity contribution in [3.05, 3.63) is 24.3 Å². The molecule has 1 atom stereocenters. The third kappa shape index (κ3) is 4.13. The lowest BCUT2D eigenvalue weighted by atomic mass is 10.2. The van der Waals surface area contributed by atoms with E-state index in [0.29, 0.717) is 19.6 Å². The molecule has 0 amide bonds. The highest BCUT2D eigenvalue weighted by atomic mass is 16.6. The predicted molar refractivity (Wildman–Crippen MR) is 70.5 cm³/mol. The predicted octanol–water partition coefficient (Wildman–Crippen LogP) is 1.37. The lowest BCUT2D eigenvalue weighted by Gasteiger charge is -2.26. The van der Waals surface area contributed by atoms with Gasteiger partial charge in [0.25, 0.3) is 0 Å². The van der Waals surface area contributed by atoms with Crippen LogP contribution in [0.3, 0.4) is 0 Å². The number of carbonyl (C=O) groups excluding carboxylic acids is 1. The van der Waals surface area contributed by atoms with Gasteiger partial charge in [-0.2, -0.15) is 0 Å². The fourth-order valence-electron chi connectivity index (χ4n) is 1.89. The molecule has 0 saturated heterocycles. The summed E-state index contributed by atoms with van der Waals surface area (Å²) in [5.74, 6) is 1.41. The van der Waals surface area contributed by atoms with Crippen LogP contribution in [0.4, 0.5) is 0 Å². The molecule has 1 aliphatic heterocycles. The molecule has 0 aliphatic carbocycles. The van der Waals surface area contributed by atoms with Crippen LogP contribution in [-0.2, 0) is 9.53 Å². The maximum absolute atomic E-state index is 10.9. The minimum absolute atomic E-state index is 0.0560. The van der Waals surface area contributed by atoms with Gasteiger partial charge in [-0.3, -0.25) is 4.79 Å². The van der Waals surface area contributed by atoms with Gasteiger partial charge >= 0.3 is 5.97 Å². The van der Waals surface area contributed by atoms with Gasteiger partial charge in [0.05, 0.1) is 13.5 Å². The average molecular weight is 265 g/mol. The molecule has 2 rings (SSSR count). The van der Waals surface area contributed by atoms with Crippen molar-refractivity contribution in [2.45, 2.75) is 18.9 Å². The van der Waals surface area contributed by atoms with Gasteiger partial charge in [-0.25, -0.2) is 0 Å². The van der Waals surface area contributed by atoms with E-state index >= 15 is 0 Å². The lowest BCUT2D eigenvalue weighted by Crippen LogP contribution is -2.33. The summed E-state index contributed by atoms with van der Waals surface area (Å²) in [4.78, 5) is 10.9. The summed E-state index contributed by atoms with van der Waals surface area (Å²) in [6.45, 7) is 1.97. The molecule has 0 spiro atoms. The number of rotatable bonds is 6. The topological polar surface area (TPSA) is 56.8 Å². The SMILES string of the molecule is COC(=O)CCNCCC1COc2ccccc2O1. The molecule has 5 nitrogen and oxygen atoms in total. The molecule has 0 aromatic heterocycles. The van der Waals surface area contributed by atoms with Crippen molar-refractivity contribution in [1.29, 1.82) is 0 Å². The van der Waals surface area contributed by atoms with E-state index in [0.717, 1.165) is 24.5 Å². The number of nitrogens with one attached hydrogen (secondary N) is 1. The van der Waals surface area contributed by atoms with E-state index in [1.54, 1.807) is 0 Å². The number of para-hydroxylation sites is 2. The van der Waals surface area contributed by atoms with Gasteiger partial charge in [0.2, 0.25) is 0 Å². The zero-order valence-electron chi connectivity index (χ0n) is 11.1. The first kappa shape index (κ1) is 13.7. The van der Waals surface area contributed by atoms with E-state index in [1.807, 2.05) is 24.3 Å². The number of ether oxygens (including phenoxy) is 3. The molecule has 1 aromatic rings. The Morgan fingerprint density at radius 1 is 1.37 bits per heavy atom. The molecule has 0 radical (unpaired) electrons. The van der Waals surface area contributed by atoms with Crippen LogP contribution in [0.25, 0.3) is 0 Å². The summed E-state index contributed by atoms with van der Waals surface area (Å²) in [5, 5.41) is 3.19. The summed E-state index contributed by atoms with van der Waals surface area (Å²) in [6, 6.07) is 7.67. The Labute approximate surface area is 112 Å². The molecule has 1 aromatic carbocycles. The monoisotopic (exact) mass is 265 g/mol. The van der Waals surface area contributed by atoms with Gasteiger partial charge < -0.3 is 19.5 Å². The zero-order chi connectivity index (χ0) is 13.5. The van der Waals surface area contributed by atoms with Crippen LogP contribution in [0, 0.1) is 0 Å². The first-order valence-corrected chi connectivity index (χ1v) is 6.45. The maximum atomic E-state index is 10.9. The van der Waals surface area contributed by atoms with Crippen molar-refractivity contribution < 1.29 is 19.0 Å². The van der Waals surface area contributed by atoms with Crippen molar-refractivity contribution >= 4 is 5.97 Å². The van der Waals surface area contributed by atoms with Crippen molar-refractivity contribution in [1.82, 2.24) is 5.32 Å². The van der Waals surface area contributed by atoms with Crippen molar-refractivity contribution in [2.24, 2.45) is 0 Å². The van der Waals surface area contributed by atoms with Gasteiger partial charge in [0.1, 0.15) is 12.7 Å². The highest BCUT2D eigenvalue weighted by molar-refractivity contribution is 5.69. The fraction of sp³-hybridized carbons (Fsp3) is 0.500. The van der Waals surface area contributed by atoms with Crippen molar-refractivity contribution in [2.75, 3.05) is 26.8 Å². The second-order valence-corrected chi connectivity index (χ2v) is 4.36. The molecule has 0 fully saturated rings. The standard InChI is InChI=1S/C14H19NO4/c1-17-14(16)7-9-15-8-6-11-10-18-12-4-2-3-5-13(12)19-11/h2-5,11,15H,6-10H2,1H3. The van der Waals surface area contributed by atoms with E-state index in [-0.39, 0.29) is 12.1 Å². The van der Waals surface area contributed by atoms with Crippen LogP contribution in [0.5, 0.6) is 11.5 Å². The summed E-state index contributed by atoms with van der Waals surface area (Å²) in [6.07, 6.45) is 1.29. The van der Waals surface area contributed by atoms with Gasteiger partial charge in [0, 0.05) is 13.0 Å². The largest absolute Gasteiger partial charge is 0.486 e. The Bertz CT molecular complexity index is 422. The highest BCUT2D eigenvalue weighted by Crippen LogP contribution is 2.31. The minimum Gasteiger partial charge on any atom is -0.486 e. The van der Waals surface area contributed by atoms with E-state index in [1.165, 1.54) is 7.11 Å². The molecule has 1 N–H and O–H groups in total. The molecule has 0 saturated carbocycles. The molecule has 1 unspecified atom stereocenters. The van der Waals surface area contributed by atoms with Crippen molar-refractivity contribution in [3.8, 4) is 11.5 Å². The number of carbonyl (C=O) groups is 1. The molecule has 5 heteroatoms. The van der Waals surface area contributed by atoms with Crippen LogP contribution in [0.15, 0.2) is 24.3 Å². The molecular weight excluding hydrogens is 246 g/mol. The van der Waals surface area contributed by atoms with Gasteiger partial charge in [-0.05, 0) is 18.7 Å². The van der Waals surface area contributed by atoms with Crippen LogP contribution < -0.4 is 14.8 Å². The highest BCUT2D eigenvalue weighted by Gasteiger charge is 2.19. The van der Waals surface area contributed by atoms with Gasteiger partial charge in [-0.15, -0.1) is 0 Å². The normalized spacial score (nSPS) is 17.0. The molecule has 0 bridgehead atoms. The number of benzene rings is 1. The fourth-order valence-corrected chi connectivity index (χ4v) is 1.89. The molecule has 19 heavy (non-hydrogen) atoms.